The summed E-state index contributed by atoms with van der Waals surface area (Å²) in [4.78, 5) is 6.90. The number of likely N-dealkylation sites (tertiary alicyclic amines) is 1. The minimum atomic E-state index is 0.821. The van der Waals surface area contributed by atoms with E-state index in [0.29, 0.717) is 0 Å². The number of hydrogen-bond donors (Lipinski definition) is 1. The first-order valence-electron chi connectivity index (χ1n) is 6.69. The van der Waals surface area contributed by atoms with Gasteiger partial charge in [-0.3, -0.25) is 4.90 Å². The van der Waals surface area contributed by atoms with Crippen molar-refractivity contribution in [2.75, 3.05) is 26.2 Å². The monoisotopic (exact) mass is 236 g/mol. The van der Waals surface area contributed by atoms with Crippen LogP contribution in [0.3, 0.4) is 0 Å². The second-order valence-corrected chi connectivity index (χ2v) is 5.05. The van der Waals surface area contributed by atoms with Gasteiger partial charge in [0.1, 0.15) is 5.82 Å². The van der Waals surface area contributed by atoms with Crippen LogP contribution in [-0.2, 0) is 13.6 Å². The predicted octanol–water partition coefficient (Wildman–Crippen LogP) is 1.24. The average Bonchev–Trinajstić information content (AvgIpc) is 2.91. The lowest BCUT2D eigenvalue weighted by Gasteiger charge is -2.15. The molecule has 2 rings (SSSR count). The highest BCUT2D eigenvalue weighted by Crippen LogP contribution is 2.17. The Morgan fingerprint density at radius 3 is 3.12 bits per heavy atom. The summed E-state index contributed by atoms with van der Waals surface area (Å²) in [5.74, 6) is 1.99. The molecule has 0 radical (unpaired) electrons. The zero-order chi connectivity index (χ0) is 12.1. The van der Waals surface area contributed by atoms with E-state index < -0.39 is 0 Å². The van der Waals surface area contributed by atoms with Crippen molar-refractivity contribution in [2.45, 2.75) is 26.3 Å². The van der Waals surface area contributed by atoms with Gasteiger partial charge in [-0.05, 0) is 38.4 Å². The van der Waals surface area contributed by atoms with Crippen LogP contribution in [0, 0.1) is 5.92 Å². The minimum Gasteiger partial charge on any atom is -0.337 e. The molecule has 1 N–H and O–H groups in total. The Hall–Kier alpha value is -0.870. The van der Waals surface area contributed by atoms with Gasteiger partial charge in [0.2, 0.25) is 0 Å². The zero-order valence-corrected chi connectivity index (χ0v) is 11.0. The molecular weight excluding hydrogens is 212 g/mol. The molecule has 1 aromatic rings. The summed E-state index contributed by atoms with van der Waals surface area (Å²) < 4.78 is 2.11. The van der Waals surface area contributed by atoms with Crippen LogP contribution in [0.5, 0.6) is 0 Å². The molecule has 0 amide bonds. The second-order valence-electron chi connectivity index (χ2n) is 5.05. The van der Waals surface area contributed by atoms with Crippen LogP contribution in [0.15, 0.2) is 12.4 Å². The fourth-order valence-corrected chi connectivity index (χ4v) is 2.45. The standard InChI is InChI=1S/C13H24N4/c1-3-5-14-9-12-4-7-17(10-12)11-13-15-6-8-16(13)2/h6,8,12,14H,3-5,7,9-11H2,1-2H3. The molecule has 17 heavy (non-hydrogen) atoms. The number of nitrogens with one attached hydrogen (secondary N) is 1. The average molecular weight is 236 g/mol. The van der Waals surface area contributed by atoms with E-state index in [1.54, 1.807) is 0 Å². The summed E-state index contributed by atoms with van der Waals surface area (Å²) in [7, 11) is 2.07. The molecule has 4 heteroatoms. The lowest BCUT2D eigenvalue weighted by Crippen LogP contribution is -2.27. The Morgan fingerprint density at radius 2 is 2.41 bits per heavy atom. The third-order valence-corrected chi connectivity index (χ3v) is 3.52. The van der Waals surface area contributed by atoms with Gasteiger partial charge in [-0.2, -0.15) is 0 Å². The molecule has 1 fully saturated rings. The van der Waals surface area contributed by atoms with Crippen LogP contribution < -0.4 is 5.32 Å². The van der Waals surface area contributed by atoms with E-state index in [4.69, 9.17) is 0 Å². The largest absolute Gasteiger partial charge is 0.337 e. The molecule has 1 aliphatic rings. The molecule has 1 aliphatic heterocycles. The predicted molar refractivity (Wildman–Crippen MR) is 69.8 cm³/mol. The Balaban J connectivity index is 1.73. The molecular formula is C13H24N4. The highest BCUT2D eigenvalue weighted by molar-refractivity contribution is 4.92. The van der Waals surface area contributed by atoms with E-state index in [1.807, 2.05) is 12.4 Å². The normalized spacial score (nSPS) is 21.2. The lowest BCUT2D eigenvalue weighted by molar-refractivity contribution is 0.303. The second kappa shape index (κ2) is 6.17. The first kappa shape index (κ1) is 12.6. The van der Waals surface area contributed by atoms with Gasteiger partial charge >= 0.3 is 0 Å². The number of aromatic nitrogens is 2. The third-order valence-electron chi connectivity index (χ3n) is 3.52. The highest BCUT2D eigenvalue weighted by atomic mass is 15.2. The number of hydrogen-bond acceptors (Lipinski definition) is 3. The molecule has 1 aromatic heterocycles. The molecule has 0 aromatic carbocycles. The van der Waals surface area contributed by atoms with Gasteiger partial charge in [0.05, 0.1) is 6.54 Å². The van der Waals surface area contributed by atoms with E-state index in [1.165, 1.54) is 38.3 Å². The zero-order valence-electron chi connectivity index (χ0n) is 11.0. The van der Waals surface area contributed by atoms with Crippen molar-refractivity contribution in [1.82, 2.24) is 19.8 Å². The van der Waals surface area contributed by atoms with Gasteiger partial charge in [-0.15, -0.1) is 0 Å². The maximum Gasteiger partial charge on any atom is 0.122 e. The molecule has 4 nitrogen and oxygen atoms in total. The maximum absolute atomic E-state index is 4.39. The van der Waals surface area contributed by atoms with Crippen LogP contribution >= 0.6 is 0 Å². The van der Waals surface area contributed by atoms with E-state index in [2.05, 4.69) is 33.7 Å². The molecule has 96 valence electrons. The number of aryl methyl sites for hydroxylation is 1. The van der Waals surface area contributed by atoms with E-state index in [-0.39, 0.29) is 0 Å². The SMILES string of the molecule is CCCNCC1CCN(Cc2nccn2C)C1. The first-order chi connectivity index (χ1) is 8.29. The summed E-state index contributed by atoms with van der Waals surface area (Å²) >= 11 is 0. The van der Waals surface area contributed by atoms with Gasteiger partial charge in [-0.25, -0.2) is 4.98 Å². The van der Waals surface area contributed by atoms with Crippen molar-refractivity contribution >= 4 is 0 Å². The van der Waals surface area contributed by atoms with Crippen molar-refractivity contribution in [2.24, 2.45) is 13.0 Å². The van der Waals surface area contributed by atoms with Gasteiger partial charge in [0, 0.05) is 26.0 Å². The molecule has 1 saturated heterocycles. The first-order valence-corrected chi connectivity index (χ1v) is 6.69. The van der Waals surface area contributed by atoms with Crippen molar-refractivity contribution in [3.8, 4) is 0 Å². The van der Waals surface area contributed by atoms with E-state index in [0.717, 1.165) is 19.0 Å². The van der Waals surface area contributed by atoms with Crippen molar-refractivity contribution in [1.29, 1.82) is 0 Å². The molecule has 0 saturated carbocycles. The topological polar surface area (TPSA) is 33.1 Å². The van der Waals surface area contributed by atoms with Crippen LogP contribution in [0.1, 0.15) is 25.6 Å². The number of rotatable bonds is 6. The Morgan fingerprint density at radius 1 is 1.53 bits per heavy atom. The Labute approximate surface area is 104 Å². The molecule has 0 bridgehead atoms. The number of imidazole rings is 1. The molecule has 2 heterocycles. The Kier molecular flexibility index (Phi) is 4.57. The van der Waals surface area contributed by atoms with Crippen LogP contribution in [0.25, 0.3) is 0 Å². The van der Waals surface area contributed by atoms with Gasteiger partial charge in [0.15, 0.2) is 0 Å². The molecule has 1 atom stereocenters. The van der Waals surface area contributed by atoms with Crippen LogP contribution in [0.2, 0.25) is 0 Å². The summed E-state index contributed by atoms with van der Waals surface area (Å²) in [6.45, 7) is 7.96. The van der Waals surface area contributed by atoms with E-state index in [9.17, 15) is 0 Å². The maximum atomic E-state index is 4.39. The highest BCUT2D eigenvalue weighted by Gasteiger charge is 2.22. The van der Waals surface area contributed by atoms with E-state index >= 15 is 0 Å². The van der Waals surface area contributed by atoms with Gasteiger partial charge in [-0.1, -0.05) is 6.92 Å². The third kappa shape index (κ3) is 3.54. The summed E-state index contributed by atoms with van der Waals surface area (Å²) in [6.07, 6.45) is 6.45. The van der Waals surface area contributed by atoms with Crippen molar-refractivity contribution in [3.05, 3.63) is 18.2 Å². The minimum absolute atomic E-state index is 0.821. The lowest BCUT2D eigenvalue weighted by atomic mass is 10.1. The molecule has 1 unspecified atom stereocenters. The van der Waals surface area contributed by atoms with Gasteiger partial charge < -0.3 is 9.88 Å². The van der Waals surface area contributed by atoms with Crippen molar-refractivity contribution < 1.29 is 0 Å². The van der Waals surface area contributed by atoms with Crippen molar-refractivity contribution in [3.63, 3.8) is 0 Å². The molecule has 0 spiro atoms. The van der Waals surface area contributed by atoms with Crippen LogP contribution in [0.4, 0.5) is 0 Å². The quantitative estimate of drug-likeness (QED) is 0.755. The summed E-state index contributed by atoms with van der Waals surface area (Å²) in [5, 5.41) is 3.52. The fraction of sp³-hybridized carbons (Fsp3) is 0.769. The van der Waals surface area contributed by atoms with Gasteiger partial charge in [0.25, 0.3) is 0 Å². The summed E-state index contributed by atoms with van der Waals surface area (Å²) in [6, 6.07) is 0. The number of nitrogens with zero attached hydrogens (tertiary/aromatic N) is 3. The fourth-order valence-electron chi connectivity index (χ4n) is 2.45. The Bertz CT molecular complexity index is 334. The summed E-state index contributed by atoms with van der Waals surface area (Å²) in [5.41, 5.74) is 0. The molecule has 0 aliphatic carbocycles. The van der Waals surface area contributed by atoms with Crippen LogP contribution in [-0.4, -0.2) is 40.6 Å². The smallest absolute Gasteiger partial charge is 0.122 e.